The number of aliphatic hydroxyl groups is 1. The second-order valence-corrected chi connectivity index (χ2v) is 4.32. The van der Waals surface area contributed by atoms with Crippen LogP contribution < -0.4 is 5.32 Å². The normalized spacial score (nSPS) is 37.8. The maximum atomic E-state index is 9.05. The molecule has 0 aromatic heterocycles. The zero-order valence-corrected chi connectivity index (χ0v) is 7.63. The lowest BCUT2D eigenvalue weighted by Gasteiger charge is -2.39. The average Bonchev–Trinajstić information content (AvgIpc) is 2.02. The van der Waals surface area contributed by atoms with Crippen molar-refractivity contribution in [2.45, 2.75) is 38.1 Å². The molecule has 2 fully saturated rings. The maximum Gasteiger partial charge on any atom is 0.0460 e. The SMILES string of the molecule is OCC1CCNC(C2CCC2)C1. The fraction of sp³-hybridized carbons (Fsp3) is 1.00. The molecular formula is C10H19NO. The molecule has 2 nitrogen and oxygen atoms in total. The van der Waals surface area contributed by atoms with E-state index in [0.29, 0.717) is 12.5 Å². The van der Waals surface area contributed by atoms with Gasteiger partial charge in [-0.15, -0.1) is 0 Å². The molecule has 70 valence electrons. The predicted octanol–water partition coefficient (Wildman–Crippen LogP) is 1.15. The van der Waals surface area contributed by atoms with Gasteiger partial charge in [0.05, 0.1) is 0 Å². The number of nitrogens with one attached hydrogen (secondary N) is 1. The summed E-state index contributed by atoms with van der Waals surface area (Å²) >= 11 is 0. The largest absolute Gasteiger partial charge is 0.396 e. The van der Waals surface area contributed by atoms with Crippen LogP contribution in [0.3, 0.4) is 0 Å². The molecule has 1 heterocycles. The first kappa shape index (κ1) is 8.52. The number of aliphatic hydroxyl groups excluding tert-OH is 1. The van der Waals surface area contributed by atoms with Gasteiger partial charge in [-0.25, -0.2) is 0 Å². The molecule has 2 heteroatoms. The first-order chi connectivity index (χ1) is 5.90. The molecule has 2 N–H and O–H groups in total. The average molecular weight is 169 g/mol. The van der Waals surface area contributed by atoms with Gasteiger partial charge < -0.3 is 10.4 Å². The highest BCUT2D eigenvalue weighted by Gasteiger charge is 2.30. The molecule has 0 bridgehead atoms. The van der Waals surface area contributed by atoms with Crippen LogP contribution in [0, 0.1) is 11.8 Å². The Hall–Kier alpha value is -0.0800. The smallest absolute Gasteiger partial charge is 0.0460 e. The molecule has 1 saturated carbocycles. The molecule has 2 atom stereocenters. The van der Waals surface area contributed by atoms with E-state index in [-0.39, 0.29) is 0 Å². The molecule has 0 amide bonds. The van der Waals surface area contributed by atoms with Crippen LogP contribution in [0.25, 0.3) is 0 Å². The molecule has 1 saturated heterocycles. The molecule has 2 aliphatic rings. The van der Waals surface area contributed by atoms with Crippen LogP contribution in [0.1, 0.15) is 32.1 Å². The molecule has 1 aliphatic heterocycles. The molecule has 12 heavy (non-hydrogen) atoms. The second-order valence-electron chi connectivity index (χ2n) is 4.32. The van der Waals surface area contributed by atoms with Crippen molar-refractivity contribution in [2.75, 3.05) is 13.2 Å². The van der Waals surface area contributed by atoms with E-state index in [0.717, 1.165) is 18.5 Å². The lowest BCUT2D eigenvalue weighted by molar-refractivity contribution is 0.128. The van der Waals surface area contributed by atoms with Crippen molar-refractivity contribution in [3.63, 3.8) is 0 Å². The van der Waals surface area contributed by atoms with Gasteiger partial charge in [-0.3, -0.25) is 0 Å². The Morgan fingerprint density at radius 3 is 2.67 bits per heavy atom. The molecule has 0 radical (unpaired) electrons. The Morgan fingerprint density at radius 1 is 1.25 bits per heavy atom. The van der Waals surface area contributed by atoms with Crippen LogP contribution in [-0.2, 0) is 0 Å². The fourth-order valence-corrected chi connectivity index (χ4v) is 2.40. The van der Waals surface area contributed by atoms with Crippen LogP contribution in [0.2, 0.25) is 0 Å². The lowest BCUT2D eigenvalue weighted by Crippen LogP contribution is -2.45. The number of rotatable bonds is 2. The first-order valence-corrected chi connectivity index (χ1v) is 5.24. The van der Waals surface area contributed by atoms with Crippen molar-refractivity contribution in [2.24, 2.45) is 11.8 Å². The molecule has 0 aromatic carbocycles. The third-order valence-electron chi connectivity index (χ3n) is 3.52. The quantitative estimate of drug-likeness (QED) is 0.650. The lowest BCUT2D eigenvalue weighted by atomic mass is 9.75. The molecule has 0 spiro atoms. The summed E-state index contributed by atoms with van der Waals surface area (Å²) in [5.41, 5.74) is 0. The fourth-order valence-electron chi connectivity index (χ4n) is 2.40. The van der Waals surface area contributed by atoms with E-state index in [1.165, 1.54) is 32.1 Å². The maximum absolute atomic E-state index is 9.05. The Kier molecular flexibility index (Phi) is 2.66. The van der Waals surface area contributed by atoms with E-state index >= 15 is 0 Å². The van der Waals surface area contributed by atoms with Gasteiger partial charge >= 0.3 is 0 Å². The summed E-state index contributed by atoms with van der Waals surface area (Å²) in [7, 11) is 0. The highest BCUT2D eigenvalue weighted by molar-refractivity contribution is 4.87. The minimum absolute atomic E-state index is 0.394. The minimum atomic E-state index is 0.394. The summed E-state index contributed by atoms with van der Waals surface area (Å²) in [6.07, 6.45) is 6.62. The highest BCUT2D eigenvalue weighted by Crippen LogP contribution is 2.34. The predicted molar refractivity (Wildman–Crippen MR) is 48.9 cm³/mol. The number of hydrogen-bond donors (Lipinski definition) is 2. The summed E-state index contributed by atoms with van der Waals surface area (Å²) in [6.45, 7) is 1.51. The van der Waals surface area contributed by atoms with Gasteiger partial charge in [0.2, 0.25) is 0 Å². The standard InChI is InChI=1S/C10H19NO/c12-7-8-4-5-11-10(6-8)9-2-1-3-9/h8-12H,1-7H2. The van der Waals surface area contributed by atoms with Crippen LogP contribution in [0.5, 0.6) is 0 Å². The Balaban J connectivity index is 1.81. The van der Waals surface area contributed by atoms with Gasteiger partial charge in [0.1, 0.15) is 0 Å². The summed E-state index contributed by atoms with van der Waals surface area (Å²) in [5.74, 6) is 1.51. The summed E-state index contributed by atoms with van der Waals surface area (Å²) in [4.78, 5) is 0. The van der Waals surface area contributed by atoms with Crippen LogP contribution in [-0.4, -0.2) is 24.3 Å². The number of piperidine rings is 1. The molecule has 1 aliphatic carbocycles. The van der Waals surface area contributed by atoms with E-state index in [1.54, 1.807) is 0 Å². The Bertz CT molecular complexity index is 145. The summed E-state index contributed by atoms with van der Waals surface area (Å²) in [5, 5.41) is 12.6. The van der Waals surface area contributed by atoms with E-state index in [4.69, 9.17) is 5.11 Å². The van der Waals surface area contributed by atoms with Crippen LogP contribution in [0.4, 0.5) is 0 Å². The van der Waals surface area contributed by atoms with Crippen molar-refractivity contribution in [1.82, 2.24) is 5.32 Å². The van der Waals surface area contributed by atoms with Gasteiger partial charge in [0.15, 0.2) is 0 Å². The first-order valence-electron chi connectivity index (χ1n) is 5.24. The van der Waals surface area contributed by atoms with E-state index in [1.807, 2.05) is 0 Å². The Morgan fingerprint density at radius 2 is 2.08 bits per heavy atom. The van der Waals surface area contributed by atoms with Gasteiger partial charge in [-0.05, 0) is 44.1 Å². The van der Waals surface area contributed by atoms with Crippen molar-refractivity contribution in [3.05, 3.63) is 0 Å². The van der Waals surface area contributed by atoms with Gasteiger partial charge in [-0.2, -0.15) is 0 Å². The summed E-state index contributed by atoms with van der Waals surface area (Å²) < 4.78 is 0. The van der Waals surface area contributed by atoms with Crippen molar-refractivity contribution >= 4 is 0 Å². The van der Waals surface area contributed by atoms with Crippen LogP contribution in [0.15, 0.2) is 0 Å². The monoisotopic (exact) mass is 169 g/mol. The third-order valence-corrected chi connectivity index (χ3v) is 3.52. The molecule has 0 aromatic rings. The van der Waals surface area contributed by atoms with Gasteiger partial charge in [0.25, 0.3) is 0 Å². The highest BCUT2D eigenvalue weighted by atomic mass is 16.3. The van der Waals surface area contributed by atoms with Crippen molar-refractivity contribution in [1.29, 1.82) is 0 Å². The minimum Gasteiger partial charge on any atom is -0.396 e. The van der Waals surface area contributed by atoms with E-state index in [2.05, 4.69) is 5.32 Å². The third kappa shape index (κ3) is 1.64. The molecule has 2 rings (SSSR count). The number of hydrogen-bond acceptors (Lipinski definition) is 2. The zero-order chi connectivity index (χ0) is 8.39. The molecule has 2 unspecified atom stereocenters. The van der Waals surface area contributed by atoms with Crippen molar-refractivity contribution in [3.8, 4) is 0 Å². The van der Waals surface area contributed by atoms with Crippen LogP contribution >= 0.6 is 0 Å². The zero-order valence-electron chi connectivity index (χ0n) is 7.63. The summed E-state index contributed by atoms with van der Waals surface area (Å²) in [6, 6.07) is 0.727. The topological polar surface area (TPSA) is 32.3 Å². The van der Waals surface area contributed by atoms with E-state index in [9.17, 15) is 0 Å². The van der Waals surface area contributed by atoms with Gasteiger partial charge in [0, 0.05) is 12.6 Å². The van der Waals surface area contributed by atoms with Crippen molar-refractivity contribution < 1.29 is 5.11 Å². The molecular weight excluding hydrogens is 150 g/mol. The Labute approximate surface area is 74.4 Å². The van der Waals surface area contributed by atoms with E-state index < -0.39 is 0 Å². The van der Waals surface area contributed by atoms with Gasteiger partial charge in [-0.1, -0.05) is 6.42 Å². The second kappa shape index (κ2) is 3.75.